The number of benzene rings is 1. The highest BCUT2D eigenvalue weighted by atomic mass is 32.1. The van der Waals surface area contributed by atoms with E-state index in [1.807, 2.05) is 16.0 Å². The van der Waals surface area contributed by atoms with E-state index in [1.54, 1.807) is 7.11 Å². The number of halogens is 2. The van der Waals surface area contributed by atoms with Gasteiger partial charge in [-0.2, -0.15) is 4.98 Å². The molecular weight excluding hydrogens is 284 g/mol. The predicted molar refractivity (Wildman–Crippen MR) is 73.3 cm³/mol. The van der Waals surface area contributed by atoms with E-state index in [-0.39, 0.29) is 0 Å². The number of aromatic nitrogens is 2. The van der Waals surface area contributed by atoms with Gasteiger partial charge in [-0.15, -0.1) is 11.3 Å². The summed E-state index contributed by atoms with van der Waals surface area (Å²) in [5.41, 5.74) is 1.32. The minimum absolute atomic E-state index is 0.395. The Morgan fingerprint density at radius 3 is 2.95 bits per heavy atom. The van der Waals surface area contributed by atoms with E-state index in [0.29, 0.717) is 18.1 Å². The van der Waals surface area contributed by atoms with E-state index in [4.69, 9.17) is 4.74 Å². The highest BCUT2D eigenvalue weighted by Crippen LogP contribution is 2.24. The molecule has 2 aromatic heterocycles. The largest absolute Gasteiger partial charge is 0.480 e. The highest BCUT2D eigenvalue weighted by molar-refractivity contribution is 7.15. The average Bonchev–Trinajstić information content (AvgIpc) is 3.00. The summed E-state index contributed by atoms with van der Waals surface area (Å²) >= 11 is 1.50. The Morgan fingerprint density at radius 1 is 1.35 bits per heavy atom. The molecule has 0 radical (unpaired) electrons. The molecule has 0 aliphatic rings. The summed E-state index contributed by atoms with van der Waals surface area (Å²) in [4.78, 5) is 5.14. The van der Waals surface area contributed by atoms with Crippen LogP contribution in [0.1, 0.15) is 5.69 Å². The van der Waals surface area contributed by atoms with Crippen LogP contribution in [-0.2, 0) is 6.54 Å². The van der Waals surface area contributed by atoms with Gasteiger partial charge in [0, 0.05) is 23.3 Å². The average molecular weight is 295 g/mol. The zero-order valence-electron chi connectivity index (χ0n) is 10.6. The number of thiazole rings is 1. The van der Waals surface area contributed by atoms with Crippen molar-refractivity contribution in [2.75, 3.05) is 12.4 Å². The Morgan fingerprint density at radius 2 is 2.20 bits per heavy atom. The molecule has 0 unspecified atom stereocenters. The molecule has 1 aromatic carbocycles. The number of fused-ring (bicyclic) bond motifs is 1. The lowest BCUT2D eigenvalue weighted by atomic mass is 10.3. The van der Waals surface area contributed by atoms with Gasteiger partial charge in [-0.1, -0.05) is 0 Å². The molecule has 104 valence electrons. The predicted octanol–water partition coefficient (Wildman–Crippen LogP) is 3.29. The van der Waals surface area contributed by atoms with Crippen LogP contribution in [0.2, 0.25) is 0 Å². The number of nitrogens with one attached hydrogen (secondary N) is 1. The third-order valence-corrected chi connectivity index (χ3v) is 3.65. The SMILES string of the molecule is COc1nc2sccn2c1CNc1ccc(F)c(F)c1. The van der Waals surface area contributed by atoms with Crippen LogP contribution in [0.15, 0.2) is 29.8 Å². The molecule has 3 rings (SSSR count). The Balaban J connectivity index is 1.85. The summed E-state index contributed by atoms with van der Waals surface area (Å²) in [5.74, 6) is -1.22. The topological polar surface area (TPSA) is 38.6 Å². The number of hydrogen-bond donors (Lipinski definition) is 1. The van der Waals surface area contributed by atoms with Gasteiger partial charge in [0.15, 0.2) is 16.6 Å². The fraction of sp³-hybridized carbons (Fsp3) is 0.154. The second-order valence-electron chi connectivity index (χ2n) is 4.11. The zero-order valence-corrected chi connectivity index (χ0v) is 11.4. The second kappa shape index (κ2) is 5.09. The van der Waals surface area contributed by atoms with Gasteiger partial charge in [-0.3, -0.25) is 4.40 Å². The third-order valence-electron chi connectivity index (χ3n) is 2.90. The molecule has 4 nitrogen and oxygen atoms in total. The van der Waals surface area contributed by atoms with E-state index in [1.165, 1.54) is 17.4 Å². The van der Waals surface area contributed by atoms with Gasteiger partial charge in [0.05, 0.1) is 13.7 Å². The molecule has 1 N–H and O–H groups in total. The van der Waals surface area contributed by atoms with E-state index in [0.717, 1.165) is 22.8 Å². The maximum Gasteiger partial charge on any atom is 0.238 e. The minimum atomic E-state index is -0.879. The van der Waals surface area contributed by atoms with Crippen molar-refractivity contribution >= 4 is 22.0 Å². The monoisotopic (exact) mass is 295 g/mol. The second-order valence-corrected chi connectivity index (χ2v) is 4.98. The lowest BCUT2D eigenvalue weighted by Crippen LogP contribution is -2.04. The molecule has 0 aliphatic heterocycles. The Labute approximate surface area is 117 Å². The summed E-state index contributed by atoms with van der Waals surface area (Å²) in [5, 5.41) is 4.95. The number of rotatable bonds is 4. The van der Waals surface area contributed by atoms with E-state index in [9.17, 15) is 8.78 Å². The number of anilines is 1. The van der Waals surface area contributed by atoms with Crippen LogP contribution in [0.4, 0.5) is 14.5 Å². The van der Waals surface area contributed by atoms with Crippen molar-refractivity contribution in [3.8, 4) is 5.88 Å². The molecule has 0 saturated heterocycles. The van der Waals surface area contributed by atoms with Crippen molar-refractivity contribution in [1.29, 1.82) is 0 Å². The van der Waals surface area contributed by atoms with Gasteiger partial charge < -0.3 is 10.1 Å². The molecule has 0 atom stereocenters. The normalized spacial score (nSPS) is 10.9. The van der Waals surface area contributed by atoms with Gasteiger partial charge in [0.25, 0.3) is 0 Å². The van der Waals surface area contributed by atoms with Crippen LogP contribution < -0.4 is 10.1 Å². The summed E-state index contributed by atoms with van der Waals surface area (Å²) < 4.78 is 33.1. The van der Waals surface area contributed by atoms with E-state index >= 15 is 0 Å². The molecule has 0 spiro atoms. The Hall–Kier alpha value is -2.15. The van der Waals surface area contributed by atoms with Crippen molar-refractivity contribution in [3.63, 3.8) is 0 Å². The molecule has 2 heterocycles. The fourth-order valence-electron chi connectivity index (χ4n) is 1.93. The minimum Gasteiger partial charge on any atom is -0.480 e. The zero-order chi connectivity index (χ0) is 14.1. The Kier molecular flexibility index (Phi) is 3.27. The van der Waals surface area contributed by atoms with Gasteiger partial charge in [0.1, 0.15) is 5.69 Å². The molecular formula is C13H11F2N3OS. The van der Waals surface area contributed by atoms with Crippen molar-refractivity contribution in [3.05, 3.63) is 47.1 Å². The van der Waals surface area contributed by atoms with Crippen molar-refractivity contribution in [2.24, 2.45) is 0 Å². The quantitative estimate of drug-likeness (QED) is 0.802. The number of nitrogens with zero attached hydrogens (tertiary/aromatic N) is 2. The number of hydrogen-bond acceptors (Lipinski definition) is 4. The first-order chi connectivity index (χ1) is 9.69. The fourth-order valence-corrected chi connectivity index (χ4v) is 2.65. The maximum atomic E-state index is 13.1. The van der Waals surface area contributed by atoms with Crippen molar-refractivity contribution in [1.82, 2.24) is 9.38 Å². The lowest BCUT2D eigenvalue weighted by Gasteiger charge is -2.07. The first kappa shape index (κ1) is 12.9. The third kappa shape index (κ3) is 2.20. The maximum absolute atomic E-state index is 13.1. The van der Waals surface area contributed by atoms with E-state index < -0.39 is 11.6 Å². The number of methoxy groups -OCH3 is 1. The number of imidazole rings is 1. The van der Waals surface area contributed by atoms with Crippen LogP contribution in [0.25, 0.3) is 4.96 Å². The molecule has 0 amide bonds. The standard InChI is InChI=1S/C13H11F2N3OS/c1-19-12-11(18-4-5-20-13(18)17-12)7-16-8-2-3-9(14)10(15)6-8/h2-6,16H,7H2,1H3. The van der Waals surface area contributed by atoms with Gasteiger partial charge in [-0.25, -0.2) is 8.78 Å². The van der Waals surface area contributed by atoms with Gasteiger partial charge in [-0.05, 0) is 12.1 Å². The Bertz CT molecular complexity index is 753. The summed E-state index contributed by atoms with van der Waals surface area (Å²) in [6, 6.07) is 3.69. The summed E-state index contributed by atoms with van der Waals surface area (Å²) in [6.07, 6.45) is 1.89. The molecule has 7 heteroatoms. The molecule has 0 aliphatic carbocycles. The molecule has 0 bridgehead atoms. The van der Waals surface area contributed by atoms with Crippen molar-refractivity contribution in [2.45, 2.75) is 6.54 Å². The molecule has 3 aromatic rings. The molecule has 0 fully saturated rings. The van der Waals surface area contributed by atoms with Crippen LogP contribution in [0.3, 0.4) is 0 Å². The molecule has 0 saturated carbocycles. The van der Waals surface area contributed by atoms with Crippen LogP contribution >= 0.6 is 11.3 Å². The first-order valence-electron chi connectivity index (χ1n) is 5.86. The highest BCUT2D eigenvalue weighted by Gasteiger charge is 2.13. The first-order valence-corrected chi connectivity index (χ1v) is 6.74. The van der Waals surface area contributed by atoms with Crippen LogP contribution in [0.5, 0.6) is 5.88 Å². The summed E-state index contributed by atoms with van der Waals surface area (Å²) in [7, 11) is 1.55. The number of ether oxygens (including phenoxy) is 1. The smallest absolute Gasteiger partial charge is 0.238 e. The molecule has 20 heavy (non-hydrogen) atoms. The summed E-state index contributed by atoms with van der Waals surface area (Å²) in [6.45, 7) is 0.395. The van der Waals surface area contributed by atoms with E-state index in [2.05, 4.69) is 10.3 Å². The van der Waals surface area contributed by atoms with Crippen molar-refractivity contribution < 1.29 is 13.5 Å². The van der Waals surface area contributed by atoms with Crippen LogP contribution in [0, 0.1) is 11.6 Å². The van der Waals surface area contributed by atoms with Crippen LogP contribution in [-0.4, -0.2) is 16.5 Å². The van der Waals surface area contributed by atoms with Gasteiger partial charge >= 0.3 is 0 Å². The lowest BCUT2D eigenvalue weighted by molar-refractivity contribution is 0.395. The van der Waals surface area contributed by atoms with Gasteiger partial charge in [0.2, 0.25) is 5.88 Å².